The molecule has 0 radical (unpaired) electrons. The van der Waals surface area contributed by atoms with Gasteiger partial charge in [-0.05, 0) is 39.8 Å². The molecule has 0 bridgehead atoms. The van der Waals surface area contributed by atoms with Gasteiger partial charge in [0.1, 0.15) is 26.9 Å². The fourth-order valence-corrected chi connectivity index (χ4v) is 5.05. The number of aromatic nitrogens is 2. The number of ether oxygens (including phenoxy) is 1. The third-order valence-corrected chi connectivity index (χ3v) is 6.47. The van der Waals surface area contributed by atoms with Gasteiger partial charge in [-0.15, -0.1) is 11.3 Å². The number of anilines is 2. The molecule has 1 aliphatic rings. The predicted molar refractivity (Wildman–Crippen MR) is 139 cm³/mol. The summed E-state index contributed by atoms with van der Waals surface area (Å²) in [5, 5.41) is 17.9. The number of carbonyl (C=O) groups is 2. The van der Waals surface area contributed by atoms with E-state index in [0.717, 1.165) is 11.3 Å². The largest absolute Gasteiger partial charge is 0.373 e. The fraction of sp³-hybridized carbons (Fsp3) is 0.458. The molecular formula is C24H31N7O4S. The van der Waals surface area contributed by atoms with E-state index in [9.17, 15) is 19.6 Å². The molecule has 2 amide bonds. The lowest BCUT2D eigenvalue weighted by Gasteiger charge is -2.34. The SMILES string of the molecule is CCNC(=O)/C(C#N)=c1\s/c(=C/Nc2cccc(NC(=O)CN3CC(C)OC(C)C3)n2)c(=O)n1CC. The van der Waals surface area contributed by atoms with Gasteiger partial charge in [0.25, 0.3) is 11.5 Å². The summed E-state index contributed by atoms with van der Waals surface area (Å²) in [4.78, 5) is 44.1. The molecule has 1 fully saturated rings. The normalized spacial score (nSPS) is 19.4. The quantitative estimate of drug-likeness (QED) is 0.449. The molecule has 3 rings (SSSR count). The lowest BCUT2D eigenvalue weighted by atomic mass is 10.2. The maximum absolute atomic E-state index is 12.8. The molecule has 0 spiro atoms. The third-order valence-electron chi connectivity index (χ3n) is 5.34. The van der Waals surface area contributed by atoms with Gasteiger partial charge in [0, 0.05) is 32.4 Å². The first-order valence-corrected chi connectivity index (χ1v) is 12.6. The van der Waals surface area contributed by atoms with Gasteiger partial charge in [0.05, 0.1) is 18.8 Å². The number of nitrogens with zero attached hydrogens (tertiary/aromatic N) is 4. The molecule has 0 aromatic carbocycles. The summed E-state index contributed by atoms with van der Waals surface area (Å²) >= 11 is 1.05. The Hall–Kier alpha value is -3.53. The zero-order valence-electron chi connectivity index (χ0n) is 20.8. The van der Waals surface area contributed by atoms with Crippen LogP contribution in [0, 0.1) is 11.3 Å². The van der Waals surface area contributed by atoms with Crippen molar-refractivity contribution in [2.24, 2.45) is 0 Å². The number of hydrogen-bond acceptors (Lipinski definition) is 9. The topological polar surface area (TPSA) is 141 Å². The van der Waals surface area contributed by atoms with E-state index >= 15 is 0 Å². The molecule has 36 heavy (non-hydrogen) atoms. The number of nitriles is 1. The highest BCUT2D eigenvalue weighted by atomic mass is 32.1. The van der Waals surface area contributed by atoms with Crippen LogP contribution in [0.2, 0.25) is 0 Å². The molecule has 2 aromatic rings. The van der Waals surface area contributed by atoms with Gasteiger partial charge in [-0.25, -0.2) is 4.98 Å². The molecule has 1 saturated heterocycles. The Morgan fingerprint density at radius 1 is 1.25 bits per heavy atom. The summed E-state index contributed by atoms with van der Waals surface area (Å²) in [7, 11) is 0. The minimum atomic E-state index is -0.519. The monoisotopic (exact) mass is 513 g/mol. The molecule has 192 valence electrons. The maximum atomic E-state index is 12.8. The van der Waals surface area contributed by atoms with E-state index in [1.54, 1.807) is 32.0 Å². The van der Waals surface area contributed by atoms with E-state index < -0.39 is 5.91 Å². The molecule has 0 saturated carbocycles. The van der Waals surface area contributed by atoms with Crippen molar-refractivity contribution in [3.05, 3.63) is 37.7 Å². The van der Waals surface area contributed by atoms with Gasteiger partial charge < -0.3 is 20.7 Å². The van der Waals surface area contributed by atoms with Crippen molar-refractivity contribution in [1.82, 2.24) is 19.8 Å². The Kier molecular flexibility index (Phi) is 9.35. The Balaban J connectivity index is 1.77. The molecule has 2 aromatic heterocycles. The minimum Gasteiger partial charge on any atom is -0.373 e. The van der Waals surface area contributed by atoms with Crippen LogP contribution < -0.4 is 30.7 Å². The number of nitrogens with one attached hydrogen (secondary N) is 3. The number of amides is 2. The Bertz CT molecular complexity index is 1320. The van der Waals surface area contributed by atoms with Crippen molar-refractivity contribution in [3.63, 3.8) is 0 Å². The van der Waals surface area contributed by atoms with Crippen molar-refractivity contribution < 1.29 is 14.3 Å². The third kappa shape index (κ3) is 6.78. The van der Waals surface area contributed by atoms with Crippen LogP contribution in [0.4, 0.5) is 11.6 Å². The van der Waals surface area contributed by atoms with Gasteiger partial charge in [0.15, 0.2) is 5.57 Å². The summed E-state index contributed by atoms with van der Waals surface area (Å²) < 4.78 is 7.71. The first-order chi connectivity index (χ1) is 17.2. The lowest BCUT2D eigenvalue weighted by molar-refractivity contribution is -0.121. The molecule has 11 nitrogen and oxygen atoms in total. The lowest BCUT2D eigenvalue weighted by Crippen LogP contribution is -2.48. The Morgan fingerprint density at radius 3 is 2.58 bits per heavy atom. The van der Waals surface area contributed by atoms with Crippen LogP contribution in [0.3, 0.4) is 0 Å². The highest BCUT2D eigenvalue weighted by Gasteiger charge is 2.23. The van der Waals surface area contributed by atoms with E-state index in [-0.39, 0.29) is 35.8 Å². The molecular weight excluding hydrogens is 482 g/mol. The van der Waals surface area contributed by atoms with Gasteiger partial charge in [0.2, 0.25) is 5.91 Å². The highest BCUT2D eigenvalue weighted by molar-refractivity contribution is 7.07. The first-order valence-electron chi connectivity index (χ1n) is 11.8. The van der Waals surface area contributed by atoms with Crippen molar-refractivity contribution in [3.8, 4) is 6.07 Å². The predicted octanol–water partition coefficient (Wildman–Crippen LogP) is 0.0329. The summed E-state index contributed by atoms with van der Waals surface area (Å²) in [6.07, 6.45) is 1.63. The van der Waals surface area contributed by atoms with Crippen molar-refractivity contribution in [2.75, 3.05) is 36.8 Å². The van der Waals surface area contributed by atoms with Crippen LogP contribution in [0.5, 0.6) is 0 Å². The van der Waals surface area contributed by atoms with Crippen LogP contribution in [0.15, 0.2) is 23.0 Å². The van der Waals surface area contributed by atoms with E-state index in [0.29, 0.717) is 47.0 Å². The molecule has 2 unspecified atom stereocenters. The average molecular weight is 514 g/mol. The van der Waals surface area contributed by atoms with Crippen LogP contribution >= 0.6 is 11.3 Å². The van der Waals surface area contributed by atoms with Crippen LogP contribution in [-0.4, -0.2) is 64.7 Å². The fourth-order valence-electron chi connectivity index (χ4n) is 3.96. The van der Waals surface area contributed by atoms with Crippen LogP contribution in [-0.2, 0) is 20.9 Å². The summed E-state index contributed by atoms with van der Waals surface area (Å²) in [6, 6.07) is 7.03. The summed E-state index contributed by atoms with van der Waals surface area (Å²) in [5.74, 6) is 0.103. The number of carbonyl (C=O) groups excluding carboxylic acids is 2. The molecule has 1 aliphatic heterocycles. The van der Waals surface area contributed by atoms with Gasteiger partial charge in [-0.1, -0.05) is 6.07 Å². The van der Waals surface area contributed by atoms with E-state index in [4.69, 9.17) is 4.74 Å². The second kappa shape index (κ2) is 12.4. The Morgan fingerprint density at radius 2 is 1.94 bits per heavy atom. The minimum absolute atomic E-state index is 0.0701. The second-order valence-corrected chi connectivity index (χ2v) is 9.39. The zero-order valence-corrected chi connectivity index (χ0v) is 21.6. The molecule has 0 aliphatic carbocycles. The Labute approximate surface area is 213 Å². The summed E-state index contributed by atoms with van der Waals surface area (Å²) in [6.45, 7) is 9.78. The second-order valence-electron chi connectivity index (χ2n) is 8.36. The van der Waals surface area contributed by atoms with Crippen molar-refractivity contribution in [2.45, 2.75) is 46.4 Å². The van der Waals surface area contributed by atoms with E-state index in [2.05, 4.69) is 20.9 Å². The van der Waals surface area contributed by atoms with Gasteiger partial charge in [-0.3, -0.25) is 23.9 Å². The van der Waals surface area contributed by atoms with Gasteiger partial charge in [-0.2, -0.15) is 5.26 Å². The summed E-state index contributed by atoms with van der Waals surface area (Å²) in [5.41, 5.74) is -0.423. The number of rotatable bonds is 8. The molecule has 3 N–H and O–H groups in total. The van der Waals surface area contributed by atoms with Crippen LogP contribution in [0.25, 0.3) is 11.8 Å². The van der Waals surface area contributed by atoms with Crippen molar-refractivity contribution in [1.29, 1.82) is 5.26 Å². The molecule has 3 heterocycles. The van der Waals surface area contributed by atoms with Crippen molar-refractivity contribution >= 4 is 46.6 Å². The van der Waals surface area contributed by atoms with E-state index in [1.807, 2.05) is 24.8 Å². The number of morpholine rings is 1. The number of pyridine rings is 1. The standard InChI is InChI=1S/C24H31N7O4S/c1-5-26-22(33)17(10-25)24-31(6-2)23(34)18(36-24)11-27-19-8-7-9-20(28-19)29-21(32)14-30-12-15(3)35-16(4)13-30/h7-9,11,15-16H,5-6,12-14H2,1-4H3,(H,26,33)(H2,27,28,29,32)/b18-11+,24-17-. The van der Waals surface area contributed by atoms with Gasteiger partial charge >= 0.3 is 0 Å². The highest BCUT2D eigenvalue weighted by Crippen LogP contribution is 2.12. The van der Waals surface area contributed by atoms with Crippen LogP contribution in [0.1, 0.15) is 27.7 Å². The average Bonchev–Trinajstić information content (AvgIpc) is 3.12. The molecule has 2 atom stereocenters. The molecule has 12 heteroatoms. The number of hydrogen-bond donors (Lipinski definition) is 3. The smallest absolute Gasteiger partial charge is 0.270 e. The zero-order chi connectivity index (χ0) is 26.2. The number of thiazole rings is 1. The maximum Gasteiger partial charge on any atom is 0.270 e. The van der Waals surface area contributed by atoms with E-state index in [1.165, 1.54) is 10.8 Å². The first kappa shape index (κ1) is 27.1.